The highest BCUT2D eigenvalue weighted by atomic mass is 16.5. The quantitative estimate of drug-likeness (QED) is 0.715. The van der Waals surface area contributed by atoms with Gasteiger partial charge in [-0.25, -0.2) is 9.59 Å². The van der Waals surface area contributed by atoms with Gasteiger partial charge in [-0.05, 0) is 41.8 Å². The van der Waals surface area contributed by atoms with Crippen LogP contribution in [0.2, 0.25) is 0 Å². The number of esters is 2. The summed E-state index contributed by atoms with van der Waals surface area (Å²) in [4.78, 5) is 24.2. The molecule has 0 N–H and O–H groups in total. The van der Waals surface area contributed by atoms with Crippen molar-refractivity contribution in [2.75, 3.05) is 13.7 Å². The molecule has 5 nitrogen and oxygen atoms in total. The zero-order valence-corrected chi connectivity index (χ0v) is 14.7. The molecule has 0 fully saturated rings. The minimum Gasteiger partial charge on any atom is -0.497 e. The summed E-state index contributed by atoms with van der Waals surface area (Å²) in [6.45, 7) is 4.40. The fourth-order valence-corrected chi connectivity index (χ4v) is 2.05. The maximum atomic E-state index is 12.2. The average molecular weight is 342 g/mol. The third-order valence-electron chi connectivity index (χ3n) is 3.41. The van der Waals surface area contributed by atoms with Gasteiger partial charge in [0.2, 0.25) is 0 Å². The molecule has 25 heavy (non-hydrogen) atoms. The van der Waals surface area contributed by atoms with E-state index in [9.17, 15) is 9.59 Å². The van der Waals surface area contributed by atoms with Crippen LogP contribution in [0.5, 0.6) is 5.75 Å². The van der Waals surface area contributed by atoms with Gasteiger partial charge in [0.05, 0.1) is 24.8 Å². The van der Waals surface area contributed by atoms with E-state index < -0.39 is 11.9 Å². The van der Waals surface area contributed by atoms with Crippen LogP contribution in [0.4, 0.5) is 0 Å². The molecular formula is C20H22O5. The van der Waals surface area contributed by atoms with Crippen LogP contribution >= 0.6 is 0 Å². The minimum atomic E-state index is -0.491. The second-order valence-electron chi connectivity index (χ2n) is 6.00. The Bertz CT molecular complexity index is 719. The summed E-state index contributed by atoms with van der Waals surface area (Å²) < 4.78 is 15.5. The summed E-state index contributed by atoms with van der Waals surface area (Å²) in [7, 11) is 1.59. The zero-order chi connectivity index (χ0) is 18.2. The first-order valence-electron chi connectivity index (χ1n) is 8.07. The van der Waals surface area contributed by atoms with Gasteiger partial charge in [0.15, 0.2) is 0 Å². The van der Waals surface area contributed by atoms with E-state index in [0.29, 0.717) is 17.7 Å². The topological polar surface area (TPSA) is 61.8 Å². The van der Waals surface area contributed by atoms with Crippen LogP contribution in [0.25, 0.3) is 0 Å². The van der Waals surface area contributed by atoms with E-state index in [1.54, 1.807) is 37.4 Å². The maximum Gasteiger partial charge on any atom is 0.338 e. The molecule has 0 heterocycles. The molecule has 0 radical (unpaired) electrons. The van der Waals surface area contributed by atoms with Crippen molar-refractivity contribution in [3.63, 3.8) is 0 Å². The van der Waals surface area contributed by atoms with E-state index in [-0.39, 0.29) is 12.5 Å². The smallest absolute Gasteiger partial charge is 0.338 e. The lowest BCUT2D eigenvalue weighted by atomic mass is 10.1. The van der Waals surface area contributed by atoms with E-state index in [0.717, 1.165) is 11.3 Å². The number of hydrogen-bond acceptors (Lipinski definition) is 5. The Labute approximate surface area is 147 Å². The molecule has 2 aromatic rings. The van der Waals surface area contributed by atoms with E-state index in [2.05, 4.69) is 0 Å². The molecule has 0 atom stereocenters. The first kappa shape index (κ1) is 18.5. The van der Waals surface area contributed by atoms with Crippen LogP contribution in [0.1, 0.15) is 40.1 Å². The lowest BCUT2D eigenvalue weighted by Crippen LogP contribution is -2.12. The van der Waals surface area contributed by atoms with Gasteiger partial charge in [-0.2, -0.15) is 0 Å². The standard InChI is InChI=1S/C20H22O5/c1-14(2)12-24-19(21)16-5-4-6-17(11-16)20(22)25-13-15-7-9-18(23-3)10-8-15/h4-11,14H,12-13H2,1-3H3. The highest BCUT2D eigenvalue weighted by Crippen LogP contribution is 2.14. The van der Waals surface area contributed by atoms with Gasteiger partial charge in [-0.1, -0.05) is 32.0 Å². The van der Waals surface area contributed by atoms with Crippen LogP contribution in [0.3, 0.4) is 0 Å². The minimum absolute atomic E-state index is 0.144. The summed E-state index contributed by atoms with van der Waals surface area (Å²) in [5, 5.41) is 0. The first-order valence-corrected chi connectivity index (χ1v) is 8.07. The van der Waals surface area contributed by atoms with Gasteiger partial charge in [-0.15, -0.1) is 0 Å². The van der Waals surface area contributed by atoms with Crippen molar-refractivity contribution in [3.05, 3.63) is 65.2 Å². The molecule has 0 spiro atoms. The highest BCUT2D eigenvalue weighted by Gasteiger charge is 2.13. The second-order valence-corrected chi connectivity index (χ2v) is 6.00. The number of methoxy groups -OCH3 is 1. The summed E-state index contributed by atoms with van der Waals surface area (Å²) in [6.07, 6.45) is 0. The Hall–Kier alpha value is -2.82. The van der Waals surface area contributed by atoms with E-state index in [1.165, 1.54) is 6.07 Å². The maximum absolute atomic E-state index is 12.2. The molecule has 0 amide bonds. The van der Waals surface area contributed by atoms with Crippen LogP contribution in [-0.2, 0) is 16.1 Å². The van der Waals surface area contributed by atoms with Crippen LogP contribution in [0.15, 0.2) is 48.5 Å². The molecule has 2 aromatic carbocycles. The Balaban J connectivity index is 1.96. The fraction of sp³-hybridized carbons (Fsp3) is 0.300. The molecule has 0 unspecified atom stereocenters. The van der Waals surface area contributed by atoms with Crippen molar-refractivity contribution in [2.45, 2.75) is 20.5 Å². The summed E-state index contributed by atoms with van der Waals surface area (Å²) in [6, 6.07) is 13.6. The number of ether oxygens (including phenoxy) is 3. The molecule has 5 heteroatoms. The molecule has 0 saturated heterocycles. The predicted octanol–water partition coefficient (Wildman–Crippen LogP) is 3.87. The molecule has 0 bridgehead atoms. The molecule has 0 aliphatic heterocycles. The van der Waals surface area contributed by atoms with Crippen molar-refractivity contribution < 1.29 is 23.8 Å². The Morgan fingerprint density at radius 3 is 2.08 bits per heavy atom. The fourth-order valence-electron chi connectivity index (χ4n) is 2.05. The van der Waals surface area contributed by atoms with Crippen molar-refractivity contribution in [3.8, 4) is 5.75 Å². The van der Waals surface area contributed by atoms with E-state index in [4.69, 9.17) is 14.2 Å². The highest BCUT2D eigenvalue weighted by molar-refractivity contribution is 5.95. The molecule has 132 valence electrons. The van der Waals surface area contributed by atoms with Gasteiger partial charge in [0.25, 0.3) is 0 Å². The summed E-state index contributed by atoms with van der Waals surface area (Å²) in [5.41, 5.74) is 1.49. The molecular weight excluding hydrogens is 320 g/mol. The van der Waals surface area contributed by atoms with E-state index >= 15 is 0 Å². The van der Waals surface area contributed by atoms with Crippen molar-refractivity contribution >= 4 is 11.9 Å². The van der Waals surface area contributed by atoms with Gasteiger partial charge >= 0.3 is 11.9 Å². The second kappa shape index (κ2) is 8.87. The SMILES string of the molecule is COc1ccc(COC(=O)c2cccc(C(=O)OCC(C)C)c2)cc1. The first-order chi connectivity index (χ1) is 12.0. The molecule has 0 aliphatic carbocycles. The Kier molecular flexibility index (Phi) is 6.57. The van der Waals surface area contributed by atoms with Crippen molar-refractivity contribution in [1.29, 1.82) is 0 Å². The van der Waals surface area contributed by atoms with Crippen molar-refractivity contribution in [2.24, 2.45) is 5.92 Å². The van der Waals surface area contributed by atoms with Gasteiger partial charge < -0.3 is 14.2 Å². The lowest BCUT2D eigenvalue weighted by Gasteiger charge is -2.09. The largest absolute Gasteiger partial charge is 0.497 e. The van der Waals surface area contributed by atoms with E-state index in [1.807, 2.05) is 26.0 Å². The van der Waals surface area contributed by atoms with Crippen LogP contribution in [-0.4, -0.2) is 25.7 Å². The molecule has 2 rings (SSSR count). The zero-order valence-electron chi connectivity index (χ0n) is 14.7. The van der Waals surface area contributed by atoms with Gasteiger partial charge in [-0.3, -0.25) is 0 Å². The monoisotopic (exact) mass is 342 g/mol. The van der Waals surface area contributed by atoms with Gasteiger partial charge in [0.1, 0.15) is 12.4 Å². The normalized spacial score (nSPS) is 10.4. The van der Waals surface area contributed by atoms with Gasteiger partial charge in [0, 0.05) is 0 Å². The number of rotatable bonds is 7. The average Bonchev–Trinajstić information content (AvgIpc) is 2.64. The third kappa shape index (κ3) is 5.64. The Morgan fingerprint density at radius 2 is 1.52 bits per heavy atom. The number of carbonyl (C=O) groups is 2. The number of hydrogen-bond donors (Lipinski definition) is 0. The summed E-state index contributed by atoms with van der Waals surface area (Å²) in [5.74, 6) is 0.0529. The number of carbonyl (C=O) groups excluding carboxylic acids is 2. The van der Waals surface area contributed by atoms with Crippen LogP contribution in [0, 0.1) is 5.92 Å². The summed E-state index contributed by atoms with van der Waals surface area (Å²) >= 11 is 0. The van der Waals surface area contributed by atoms with Crippen molar-refractivity contribution in [1.82, 2.24) is 0 Å². The lowest BCUT2D eigenvalue weighted by molar-refractivity contribution is 0.0458. The molecule has 0 saturated carbocycles. The Morgan fingerprint density at radius 1 is 0.920 bits per heavy atom. The molecule has 0 aromatic heterocycles. The number of benzene rings is 2. The third-order valence-corrected chi connectivity index (χ3v) is 3.41. The molecule has 0 aliphatic rings. The predicted molar refractivity (Wildman–Crippen MR) is 93.7 cm³/mol. The van der Waals surface area contributed by atoms with Crippen LogP contribution < -0.4 is 4.74 Å².